The van der Waals surface area contributed by atoms with Crippen molar-refractivity contribution >= 4 is 22.9 Å². The molecule has 0 spiro atoms. The Labute approximate surface area is 170 Å². The number of nitrogens with one attached hydrogen (secondary N) is 1. The summed E-state index contributed by atoms with van der Waals surface area (Å²) < 4.78 is 7.54. The summed E-state index contributed by atoms with van der Waals surface area (Å²) in [6.07, 6.45) is 1.72. The first-order valence-electron chi connectivity index (χ1n) is 9.92. The maximum Gasteiger partial charge on any atom is 0.254 e. The number of morpholine rings is 1. The number of carbonyl (C=O) groups excluding carboxylic acids is 1. The number of hydrogen-bond acceptors (Lipinski definition) is 4. The van der Waals surface area contributed by atoms with Crippen molar-refractivity contribution in [2.24, 2.45) is 5.10 Å². The van der Waals surface area contributed by atoms with Crippen molar-refractivity contribution in [1.82, 2.24) is 14.9 Å². The highest BCUT2D eigenvalue weighted by Gasteiger charge is 2.14. The molecular formula is C23H26N4O2. The first kappa shape index (κ1) is 19.4. The van der Waals surface area contributed by atoms with E-state index in [1.54, 1.807) is 6.21 Å². The molecule has 0 unspecified atom stereocenters. The molecule has 0 radical (unpaired) electrons. The topological polar surface area (TPSA) is 58.9 Å². The molecule has 4 rings (SSSR count). The Morgan fingerprint density at radius 1 is 1.14 bits per heavy atom. The van der Waals surface area contributed by atoms with Crippen LogP contribution in [-0.4, -0.2) is 54.4 Å². The van der Waals surface area contributed by atoms with Crippen LogP contribution in [0, 0.1) is 13.8 Å². The molecule has 0 atom stereocenters. The number of carbonyl (C=O) groups is 1. The summed E-state index contributed by atoms with van der Waals surface area (Å²) in [5, 5.41) is 6.60. The van der Waals surface area contributed by atoms with Crippen LogP contribution in [0.3, 0.4) is 0 Å². The van der Waals surface area contributed by atoms with Crippen LogP contribution in [0.2, 0.25) is 0 Å². The van der Waals surface area contributed by atoms with Crippen LogP contribution in [0.5, 0.6) is 0 Å². The van der Waals surface area contributed by atoms with E-state index in [0.717, 1.165) is 35.7 Å². The van der Waals surface area contributed by atoms with Gasteiger partial charge >= 0.3 is 0 Å². The monoisotopic (exact) mass is 390 g/mol. The minimum absolute atomic E-state index is 0.106. The number of ether oxygens (including phenoxy) is 1. The Kier molecular flexibility index (Phi) is 5.74. The van der Waals surface area contributed by atoms with Crippen molar-refractivity contribution in [2.45, 2.75) is 13.8 Å². The first-order valence-corrected chi connectivity index (χ1v) is 9.92. The van der Waals surface area contributed by atoms with Gasteiger partial charge in [-0.1, -0.05) is 36.4 Å². The molecule has 150 valence electrons. The summed E-state index contributed by atoms with van der Waals surface area (Å²) in [5.74, 6) is -0.106. The van der Waals surface area contributed by atoms with Gasteiger partial charge in [0.2, 0.25) is 0 Å². The van der Waals surface area contributed by atoms with E-state index in [4.69, 9.17) is 4.74 Å². The first-order chi connectivity index (χ1) is 14.1. The molecule has 1 aliphatic rings. The third-order valence-corrected chi connectivity index (χ3v) is 5.34. The van der Waals surface area contributed by atoms with Crippen LogP contribution in [0.25, 0.3) is 16.5 Å². The molecule has 1 fully saturated rings. The second kappa shape index (κ2) is 8.59. The number of hydrogen-bond donors (Lipinski definition) is 1. The summed E-state index contributed by atoms with van der Waals surface area (Å²) >= 11 is 0. The van der Waals surface area contributed by atoms with Crippen LogP contribution in [-0.2, 0) is 9.53 Å². The van der Waals surface area contributed by atoms with Crippen LogP contribution < -0.4 is 5.43 Å². The summed E-state index contributed by atoms with van der Waals surface area (Å²) in [6.45, 7) is 7.42. The van der Waals surface area contributed by atoms with E-state index >= 15 is 0 Å². The third-order valence-electron chi connectivity index (χ3n) is 5.34. The zero-order chi connectivity index (χ0) is 20.2. The quantitative estimate of drug-likeness (QED) is 0.538. The lowest BCUT2D eigenvalue weighted by Crippen LogP contribution is -2.42. The van der Waals surface area contributed by atoms with Crippen molar-refractivity contribution in [3.63, 3.8) is 0 Å². The lowest BCUT2D eigenvalue weighted by molar-refractivity contribution is -0.123. The predicted molar refractivity (Wildman–Crippen MR) is 116 cm³/mol. The zero-order valence-electron chi connectivity index (χ0n) is 16.9. The van der Waals surface area contributed by atoms with Gasteiger partial charge in [-0.05, 0) is 31.4 Å². The minimum atomic E-state index is -0.106. The average molecular weight is 390 g/mol. The van der Waals surface area contributed by atoms with E-state index in [2.05, 4.69) is 82.4 Å². The zero-order valence-corrected chi connectivity index (χ0v) is 16.9. The van der Waals surface area contributed by atoms with Gasteiger partial charge in [0.1, 0.15) is 0 Å². The van der Waals surface area contributed by atoms with Crippen molar-refractivity contribution in [2.75, 3.05) is 32.8 Å². The molecule has 3 aromatic rings. The van der Waals surface area contributed by atoms with Gasteiger partial charge in [-0.3, -0.25) is 9.69 Å². The highest BCUT2D eigenvalue weighted by molar-refractivity contribution is 5.91. The van der Waals surface area contributed by atoms with Crippen LogP contribution in [0.1, 0.15) is 17.0 Å². The van der Waals surface area contributed by atoms with E-state index in [1.807, 2.05) is 0 Å². The Morgan fingerprint density at radius 3 is 2.72 bits per heavy atom. The largest absolute Gasteiger partial charge is 0.379 e. The Hall–Kier alpha value is -2.96. The number of amides is 1. The molecule has 1 saturated heterocycles. The van der Waals surface area contributed by atoms with Crippen LogP contribution in [0.15, 0.2) is 53.6 Å². The lowest BCUT2D eigenvalue weighted by atomic mass is 10.1. The Morgan fingerprint density at radius 2 is 1.90 bits per heavy atom. The van der Waals surface area contributed by atoms with Crippen molar-refractivity contribution in [1.29, 1.82) is 0 Å². The fourth-order valence-corrected chi connectivity index (χ4v) is 3.86. The SMILES string of the molecule is Cc1cc(/C=N/NC(=O)CN2CCOCC2)c(C)n1-c1cccc2ccccc12. The summed E-state index contributed by atoms with van der Waals surface area (Å²) in [7, 11) is 0. The average Bonchev–Trinajstić information content (AvgIpc) is 3.01. The van der Waals surface area contributed by atoms with Crippen molar-refractivity contribution in [3.05, 3.63) is 65.5 Å². The summed E-state index contributed by atoms with van der Waals surface area (Å²) in [5.41, 5.74) is 6.99. The second-order valence-electron chi connectivity index (χ2n) is 7.34. The molecular weight excluding hydrogens is 364 g/mol. The predicted octanol–water partition coefficient (Wildman–Crippen LogP) is 3.03. The number of fused-ring (bicyclic) bond motifs is 1. The van der Waals surface area contributed by atoms with Gasteiger partial charge in [0.05, 0.1) is 31.7 Å². The van der Waals surface area contributed by atoms with E-state index in [9.17, 15) is 4.79 Å². The highest BCUT2D eigenvalue weighted by atomic mass is 16.5. The molecule has 1 aromatic heterocycles. The Bertz CT molecular complexity index is 1040. The number of benzene rings is 2. The molecule has 1 amide bonds. The molecule has 0 saturated carbocycles. The van der Waals surface area contributed by atoms with Gasteiger partial charge in [-0.25, -0.2) is 5.43 Å². The summed E-state index contributed by atoms with van der Waals surface area (Å²) in [4.78, 5) is 14.2. The van der Waals surface area contributed by atoms with Crippen LogP contribution in [0.4, 0.5) is 0 Å². The number of rotatable bonds is 5. The highest BCUT2D eigenvalue weighted by Crippen LogP contribution is 2.26. The Balaban J connectivity index is 1.51. The molecule has 0 bridgehead atoms. The lowest BCUT2D eigenvalue weighted by Gasteiger charge is -2.25. The fourth-order valence-electron chi connectivity index (χ4n) is 3.86. The van der Waals surface area contributed by atoms with Crippen molar-refractivity contribution < 1.29 is 9.53 Å². The molecule has 29 heavy (non-hydrogen) atoms. The van der Waals surface area contributed by atoms with Crippen LogP contribution >= 0.6 is 0 Å². The molecule has 2 aromatic carbocycles. The molecule has 2 heterocycles. The van der Waals surface area contributed by atoms with Crippen molar-refractivity contribution in [3.8, 4) is 5.69 Å². The molecule has 0 aliphatic carbocycles. The van der Waals surface area contributed by atoms with Gasteiger partial charge < -0.3 is 9.30 Å². The maximum atomic E-state index is 12.1. The summed E-state index contributed by atoms with van der Waals surface area (Å²) in [6, 6.07) is 16.8. The van der Waals surface area contributed by atoms with Gasteiger partial charge in [0.25, 0.3) is 5.91 Å². The molecule has 1 N–H and O–H groups in total. The molecule has 6 heteroatoms. The second-order valence-corrected chi connectivity index (χ2v) is 7.34. The number of aryl methyl sites for hydroxylation is 1. The van der Waals surface area contributed by atoms with E-state index in [1.165, 1.54) is 10.8 Å². The molecule has 6 nitrogen and oxygen atoms in total. The number of nitrogens with zero attached hydrogens (tertiary/aromatic N) is 3. The van der Waals surface area contributed by atoms with Gasteiger partial charge in [0, 0.05) is 35.4 Å². The molecule has 1 aliphatic heterocycles. The number of hydrazone groups is 1. The van der Waals surface area contributed by atoms with E-state index in [0.29, 0.717) is 19.8 Å². The van der Waals surface area contributed by atoms with E-state index < -0.39 is 0 Å². The third kappa shape index (κ3) is 4.23. The smallest absolute Gasteiger partial charge is 0.254 e. The van der Waals surface area contributed by atoms with Gasteiger partial charge in [-0.15, -0.1) is 0 Å². The van der Waals surface area contributed by atoms with Gasteiger partial charge in [0.15, 0.2) is 0 Å². The van der Waals surface area contributed by atoms with Gasteiger partial charge in [-0.2, -0.15) is 5.10 Å². The minimum Gasteiger partial charge on any atom is -0.379 e. The normalized spacial score (nSPS) is 15.2. The van der Waals surface area contributed by atoms with E-state index in [-0.39, 0.29) is 5.91 Å². The maximum absolute atomic E-state index is 12.1. The standard InChI is InChI=1S/C23H26N4O2/c1-17-14-20(15-24-25-23(28)16-26-10-12-29-13-11-26)18(2)27(17)22-9-5-7-19-6-3-4-8-21(19)22/h3-9,14-15H,10-13,16H2,1-2H3,(H,25,28)/b24-15+. The fraction of sp³-hybridized carbons (Fsp3) is 0.304. The number of aromatic nitrogens is 1.